The van der Waals surface area contributed by atoms with Crippen molar-refractivity contribution in [2.75, 3.05) is 0 Å². The van der Waals surface area contributed by atoms with Crippen LogP contribution in [0.25, 0.3) is 6.08 Å². The van der Waals surface area contributed by atoms with Gasteiger partial charge in [0, 0.05) is 23.0 Å². The molecule has 0 aromatic heterocycles. The second kappa shape index (κ2) is 5.84. The van der Waals surface area contributed by atoms with Gasteiger partial charge in [0.05, 0.1) is 0 Å². The molecule has 0 saturated heterocycles. The largest absolute Gasteiger partial charge is 0.485 e. The summed E-state index contributed by atoms with van der Waals surface area (Å²) in [6, 6.07) is 5.74. The van der Waals surface area contributed by atoms with Crippen molar-refractivity contribution in [3.05, 3.63) is 46.6 Å². The molecule has 1 aromatic rings. The van der Waals surface area contributed by atoms with Crippen LogP contribution >= 0.6 is 11.6 Å². The number of benzene rings is 1. The van der Waals surface area contributed by atoms with Gasteiger partial charge in [-0.2, -0.15) is 0 Å². The van der Waals surface area contributed by atoms with Crippen LogP contribution < -0.4 is 4.74 Å². The van der Waals surface area contributed by atoms with Crippen molar-refractivity contribution in [3.8, 4) is 5.75 Å². The molecule has 1 aliphatic carbocycles. The zero-order valence-corrected chi connectivity index (χ0v) is 12.3. The van der Waals surface area contributed by atoms with E-state index in [0.717, 1.165) is 24.2 Å². The Hall–Kier alpha value is -1.54. The van der Waals surface area contributed by atoms with E-state index in [2.05, 4.69) is 18.0 Å². The molecule has 1 saturated carbocycles. The zero-order valence-electron chi connectivity index (χ0n) is 11.6. The molecule has 0 spiro atoms. The normalized spacial score (nSPS) is 25.2. The lowest BCUT2D eigenvalue weighted by Crippen LogP contribution is -2.27. The molecule has 0 bridgehead atoms. The molecule has 0 radical (unpaired) electrons. The molecule has 1 aromatic carbocycles. The van der Waals surface area contributed by atoms with E-state index in [1.807, 2.05) is 30.5 Å². The predicted octanol–water partition coefficient (Wildman–Crippen LogP) is 4.89. The fourth-order valence-electron chi connectivity index (χ4n) is 2.74. The quantitative estimate of drug-likeness (QED) is 0.666. The average molecular weight is 288 g/mol. The van der Waals surface area contributed by atoms with E-state index < -0.39 is 0 Å². The highest BCUT2D eigenvalue weighted by Gasteiger charge is 2.25. The summed E-state index contributed by atoms with van der Waals surface area (Å²) in [6.45, 7) is 2.28. The number of fused-ring (bicyclic) bond motifs is 2. The number of allylic oxidation sites excluding steroid dienone is 1. The van der Waals surface area contributed by atoms with Gasteiger partial charge in [0.15, 0.2) is 0 Å². The third kappa shape index (κ3) is 2.96. The van der Waals surface area contributed by atoms with Crippen LogP contribution in [-0.4, -0.2) is 12.3 Å². The first-order valence-electron chi connectivity index (χ1n) is 7.07. The first-order valence-corrected chi connectivity index (χ1v) is 7.45. The van der Waals surface area contributed by atoms with Gasteiger partial charge < -0.3 is 4.74 Å². The number of hydrogen-bond acceptors (Lipinski definition) is 2. The van der Waals surface area contributed by atoms with E-state index in [1.54, 1.807) is 6.20 Å². The molecular weight excluding hydrogens is 270 g/mol. The van der Waals surface area contributed by atoms with Crippen LogP contribution in [0, 0.1) is 5.92 Å². The molecule has 2 unspecified atom stereocenters. The lowest BCUT2D eigenvalue weighted by Gasteiger charge is -2.30. The van der Waals surface area contributed by atoms with Gasteiger partial charge in [0.1, 0.15) is 11.9 Å². The maximum atomic E-state index is 6.26. The van der Waals surface area contributed by atoms with Gasteiger partial charge in [-0.1, -0.05) is 18.5 Å². The van der Waals surface area contributed by atoms with Gasteiger partial charge >= 0.3 is 0 Å². The Morgan fingerprint density at radius 2 is 2.25 bits per heavy atom. The molecule has 1 heterocycles. The molecule has 3 heteroatoms. The molecular formula is C17H18ClNO. The van der Waals surface area contributed by atoms with Gasteiger partial charge in [0.25, 0.3) is 0 Å². The minimum Gasteiger partial charge on any atom is -0.485 e. The summed E-state index contributed by atoms with van der Waals surface area (Å²) in [5, 5.41) is 0.701. The van der Waals surface area contributed by atoms with Crippen LogP contribution in [-0.2, 0) is 0 Å². The van der Waals surface area contributed by atoms with Crippen LogP contribution in [0.3, 0.4) is 0 Å². The average Bonchev–Trinajstić information content (AvgIpc) is 2.43. The van der Waals surface area contributed by atoms with Crippen molar-refractivity contribution in [2.45, 2.75) is 32.3 Å². The fraction of sp³-hybridized carbons (Fsp3) is 0.353. The molecule has 20 heavy (non-hydrogen) atoms. The van der Waals surface area contributed by atoms with E-state index in [1.165, 1.54) is 12.0 Å². The maximum Gasteiger partial charge on any atom is 0.128 e. The van der Waals surface area contributed by atoms with E-state index in [-0.39, 0.29) is 6.10 Å². The third-order valence-corrected chi connectivity index (χ3v) is 4.15. The number of rotatable bonds is 0. The summed E-state index contributed by atoms with van der Waals surface area (Å²) in [4.78, 5) is 4.29. The molecule has 2 atom stereocenters. The van der Waals surface area contributed by atoms with Crippen molar-refractivity contribution in [2.24, 2.45) is 10.9 Å². The first-order chi connectivity index (χ1) is 9.72. The predicted molar refractivity (Wildman–Crippen MR) is 84.5 cm³/mol. The Kier molecular flexibility index (Phi) is 3.93. The van der Waals surface area contributed by atoms with Crippen LogP contribution in [0.5, 0.6) is 5.75 Å². The number of halogens is 1. The van der Waals surface area contributed by atoms with Crippen LogP contribution in [0.1, 0.15) is 31.7 Å². The molecule has 0 amide bonds. The summed E-state index contributed by atoms with van der Waals surface area (Å²) in [5.41, 5.74) is 2.35. The fourth-order valence-corrected chi connectivity index (χ4v) is 2.90. The van der Waals surface area contributed by atoms with Crippen molar-refractivity contribution in [1.29, 1.82) is 0 Å². The SMILES string of the molecule is CC1CCC2=CC=NC=Cc3ccc(Cl)cc3OC2C1. The smallest absolute Gasteiger partial charge is 0.128 e. The second-order valence-corrected chi connectivity index (χ2v) is 5.96. The van der Waals surface area contributed by atoms with Crippen molar-refractivity contribution in [3.63, 3.8) is 0 Å². The van der Waals surface area contributed by atoms with Gasteiger partial charge in [-0.3, -0.25) is 4.99 Å². The van der Waals surface area contributed by atoms with Gasteiger partial charge in [-0.15, -0.1) is 0 Å². The van der Waals surface area contributed by atoms with E-state index >= 15 is 0 Å². The van der Waals surface area contributed by atoms with E-state index in [0.29, 0.717) is 10.9 Å². The zero-order chi connectivity index (χ0) is 13.9. The minimum absolute atomic E-state index is 0.133. The minimum atomic E-state index is 0.133. The lowest BCUT2D eigenvalue weighted by atomic mass is 9.84. The molecule has 3 rings (SSSR count). The summed E-state index contributed by atoms with van der Waals surface area (Å²) in [5.74, 6) is 1.53. The van der Waals surface area contributed by atoms with Gasteiger partial charge in [-0.25, -0.2) is 0 Å². The highest BCUT2D eigenvalue weighted by molar-refractivity contribution is 6.30. The third-order valence-electron chi connectivity index (χ3n) is 3.92. The van der Waals surface area contributed by atoms with Crippen molar-refractivity contribution < 1.29 is 4.74 Å². The topological polar surface area (TPSA) is 21.6 Å². The monoisotopic (exact) mass is 287 g/mol. The second-order valence-electron chi connectivity index (χ2n) is 5.52. The maximum absolute atomic E-state index is 6.26. The molecule has 104 valence electrons. The van der Waals surface area contributed by atoms with Crippen LogP contribution in [0.2, 0.25) is 5.02 Å². The van der Waals surface area contributed by atoms with Gasteiger partial charge in [0.2, 0.25) is 0 Å². The highest BCUT2D eigenvalue weighted by atomic mass is 35.5. The Labute approximate surface area is 124 Å². The number of nitrogens with zero attached hydrogens (tertiary/aromatic N) is 1. The number of aliphatic imine (C=N–C) groups is 1. The Bertz CT molecular complexity index is 589. The lowest BCUT2D eigenvalue weighted by molar-refractivity contribution is 0.176. The summed E-state index contributed by atoms with van der Waals surface area (Å²) in [6.07, 6.45) is 11.2. The molecule has 1 aliphatic heterocycles. The summed E-state index contributed by atoms with van der Waals surface area (Å²) >= 11 is 6.10. The van der Waals surface area contributed by atoms with E-state index in [4.69, 9.17) is 16.3 Å². The van der Waals surface area contributed by atoms with Crippen LogP contribution in [0.4, 0.5) is 0 Å². The molecule has 1 fully saturated rings. The number of hydrogen-bond donors (Lipinski definition) is 0. The Morgan fingerprint density at radius 1 is 1.35 bits per heavy atom. The first kappa shape index (κ1) is 13.4. The number of ether oxygens (including phenoxy) is 1. The molecule has 0 N–H and O–H groups in total. The van der Waals surface area contributed by atoms with Crippen LogP contribution in [0.15, 0.2) is 41.0 Å². The van der Waals surface area contributed by atoms with Crippen molar-refractivity contribution in [1.82, 2.24) is 0 Å². The summed E-state index contributed by atoms with van der Waals surface area (Å²) < 4.78 is 6.26. The Balaban J connectivity index is 2.00. The van der Waals surface area contributed by atoms with E-state index in [9.17, 15) is 0 Å². The standard InChI is InChI=1S/C17H18ClNO/c1-12-2-3-13-6-8-19-9-7-14-4-5-15(18)11-17(14)20-16(13)10-12/h4-9,11-12,16H,2-3,10H2,1H3. The summed E-state index contributed by atoms with van der Waals surface area (Å²) in [7, 11) is 0. The van der Waals surface area contributed by atoms with Crippen molar-refractivity contribution >= 4 is 23.9 Å². The molecule has 2 nitrogen and oxygen atoms in total. The Morgan fingerprint density at radius 3 is 3.15 bits per heavy atom. The molecule has 2 aliphatic rings. The van der Waals surface area contributed by atoms with Gasteiger partial charge in [-0.05, 0) is 61.1 Å². The highest BCUT2D eigenvalue weighted by Crippen LogP contribution is 2.34.